The highest BCUT2D eigenvalue weighted by Crippen LogP contribution is 2.41. The van der Waals surface area contributed by atoms with Crippen LogP contribution in [0.15, 0.2) is 60.8 Å². The summed E-state index contributed by atoms with van der Waals surface area (Å²) in [5.74, 6) is -0.119. The third kappa shape index (κ3) is 5.67. The topological polar surface area (TPSA) is 96.5 Å². The van der Waals surface area contributed by atoms with E-state index in [0.29, 0.717) is 72.5 Å². The Bertz CT molecular complexity index is 2090. The lowest BCUT2D eigenvalue weighted by Gasteiger charge is -2.32. The fraction of sp³-hybridized carbons (Fsp3) is 0.368. The number of benzene rings is 3. The maximum absolute atomic E-state index is 17.1. The number of aromatic nitrogens is 3. The minimum atomic E-state index is -0.453. The van der Waals surface area contributed by atoms with Gasteiger partial charge < -0.3 is 19.3 Å². The lowest BCUT2D eigenvalue weighted by molar-refractivity contribution is -0.127. The van der Waals surface area contributed by atoms with E-state index >= 15 is 4.39 Å². The van der Waals surface area contributed by atoms with Gasteiger partial charge in [0.2, 0.25) is 11.8 Å². The van der Waals surface area contributed by atoms with Crippen molar-refractivity contribution in [1.29, 1.82) is 5.26 Å². The fourth-order valence-electron chi connectivity index (χ4n) is 7.41. The van der Waals surface area contributed by atoms with Crippen molar-refractivity contribution >= 4 is 38.5 Å². The summed E-state index contributed by atoms with van der Waals surface area (Å²) in [5, 5.41) is 17.8. The van der Waals surface area contributed by atoms with Crippen molar-refractivity contribution in [3.05, 3.63) is 77.8 Å². The average molecular weight is 647 g/mol. The second-order valence-corrected chi connectivity index (χ2v) is 12.9. The number of ether oxygens (including phenoxy) is 2. The lowest BCUT2D eigenvalue weighted by atomic mass is 9.91. The number of nitriles is 1. The Balaban J connectivity index is 1.35. The first-order valence-electron chi connectivity index (χ1n) is 16.6. The van der Waals surface area contributed by atoms with Crippen molar-refractivity contribution in [1.82, 2.24) is 24.6 Å². The number of carbonyl (C=O) groups excluding carboxylic acids is 1. The number of methoxy groups -OCH3 is 1. The van der Waals surface area contributed by atoms with E-state index in [1.807, 2.05) is 52.9 Å². The van der Waals surface area contributed by atoms with E-state index in [1.165, 1.54) is 0 Å². The first-order chi connectivity index (χ1) is 23.4. The molecule has 1 unspecified atom stereocenters. The van der Waals surface area contributed by atoms with Crippen molar-refractivity contribution < 1.29 is 18.7 Å². The van der Waals surface area contributed by atoms with Gasteiger partial charge in [0.1, 0.15) is 12.1 Å². The van der Waals surface area contributed by atoms with Gasteiger partial charge in [-0.1, -0.05) is 36.4 Å². The van der Waals surface area contributed by atoms with Crippen molar-refractivity contribution in [2.75, 3.05) is 47.0 Å². The molecule has 2 aliphatic heterocycles. The standard InChI is InChI=1S/C38H39FN6O3/c1-24-20-30-36(35(39)33(24)29-12-5-9-25-8-4-10-26(21-40)34(25)29)42-38(48-23-28-11-6-16-43(28)2)31-22-41-45(37(30)31)27-14-17-44(18-15-27)32(46)13-7-19-47-3/h4-5,7-10,12-13,20,22,27-28H,6,11,14-19,23H2,1-3H3/b13-7+. The molecule has 2 fully saturated rings. The van der Waals surface area contributed by atoms with Crippen LogP contribution >= 0.6 is 0 Å². The van der Waals surface area contributed by atoms with Crippen LogP contribution in [0.5, 0.6) is 5.88 Å². The van der Waals surface area contributed by atoms with E-state index in [9.17, 15) is 10.1 Å². The molecule has 0 spiro atoms. The number of piperidine rings is 1. The molecule has 0 N–H and O–H groups in total. The molecule has 0 aliphatic carbocycles. The highest BCUT2D eigenvalue weighted by atomic mass is 19.1. The molecule has 1 amide bonds. The SMILES string of the molecule is COC/C=C/C(=O)N1CCC(n2ncc3c(OCC4CCCN4C)nc4c(F)c(-c5cccc6cccc(C#N)c56)c(C)cc4c32)CC1. The lowest BCUT2D eigenvalue weighted by Crippen LogP contribution is -2.38. The predicted octanol–water partition coefficient (Wildman–Crippen LogP) is 6.56. The Hall–Kier alpha value is -4.85. The van der Waals surface area contributed by atoms with Crippen molar-refractivity contribution in [3.63, 3.8) is 0 Å². The van der Waals surface area contributed by atoms with Gasteiger partial charge in [0.25, 0.3) is 0 Å². The Kier molecular flexibility index (Phi) is 8.82. The number of likely N-dealkylation sites (N-methyl/N-ethyl adjacent to an activating group) is 1. The highest BCUT2D eigenvalue weighted by Gasteiger charge is 2.29. The normalized spacial score (nSPS) is 17.6. The summed E-state index contributed by atoms with van der Waals surface area (Å²) in [5.41, 5.74) is 3.30. The number of aryl methyl sites for hydroxylation is 1. The predicted molar refractivity (Wildman–Crippen MR) is 184 cm³/mol. The van der Waals surface area contributed by atoms with Gasteiger partial charge in [-0.2, -0.15) is 10.4 Å². The summed E-state index contributed by atoms with van der Waals surface area (Å²) >= 11 is 0. The zero-order chi connectivity index (χ0) is 33.4. The molecule has 4 heterocycles. The molecule has 48 heavy (non-hydrogen) atoms. The molecule has 9 nitrogen and oxygen atoms in total. The van der Waals surface area contributed by atoms with Crippen LogP contribution in [0.25, 0.3) is 43.7 Å². The minimum absolute atomic E-state index is 0.00761. The number of rotatable bonds is 8. The van der Waals surface area contributed by atoms with Crippen molar-refractivity contribution in [2.45, 2.75) is 44.7 Å². The summed E-state index contributed by atoms with van der Waals surface area (Å²) in [6, 6.07) is 15.8. The number of halogens is 1. The molecule has 7 rings (SSSR count). The molecular formula is C38H39FN6O3. The second-order valence-electron chi connectivity index (χ2n) is 12.9. The summed E-state index contributed by atoms with van der Waals surface area (Å²) in [7, 11) is 3.70. The van der Waals surface area contributed by atoms with Gasteiger partial charge in [0.15, 0.2) is 5.82 Å². The first-order valence-corrected chi connectivity index (χ1v) is 16.6. The molecule has 10 heteroatoms. The van der Waals surface area contributed by atoms with E-state index in [-0.39, 0.29) is 23.5 Å². The molecule has 2 saturated heterocycles. The molecule has 1 atom stereocenters. The number of pyridine rings is 1. The van der Waals surface area contributed by atoms with Gasteiger partial charge in [-0.3, -0.25) is 9.48 Å². The number of hydrogen-bond donors (Lipinski definition) is 0. The van der Waals surface area contributed by atoms with Gasteiger partial charge >= 0.3 is 0 Å². The van der Waals surface area contributed by atoms with Crippen LogP contribution < -0.4 is 4.74 Å². The monoisotopic (exact) mass is 646 g/mol. The Morgan fingerprint density at radius 3 is 2.65 bits per heavy atom. The van der Waals surface area contributed by atoms with E-state index < -0.39 is 5.82 Å². The van der Waals surface area contributed by atoms with Crippen LogP contribution in [0.2, 0.25) is 0 Å². The molecule has 2 aromatic heterocycles. The van der Waals surface area contributed by atoms with Crippen LogP contribution in [0.3, 0.4) is 0 Å². The summed E-state index contributed by atoms with van der Waals surface area (Å²) in [6.45, 7) is 4.93. The molecule has 3 aromatic carbocycles. The van der Waals surface area contributed by atoms with Crippen molar-refractivity contribution in [3.8, 4) is 23.1 Å². The zero-order valence-corrected chi connectivity index (χ0v) is 27.6. The number of amides is 1. The zero-order valence-electron chi connectivity index (χ0n) is 27.6. The van der Waals surface area contributed by atoms with Crippen LogP contribution in [-0.2, 0) is 9.53 Å². The maximum atomic E-state index is 17.1. The number of fused-ring (bicyclic) bond motifs is 4. The fourth-order valence-corrected chi connectivity index (χ4v) is 7.41. The summed E-state index contributed by atoms with van der Waals surface area (Å²) in [6.07, 6.45) is 8.63. The van der Waals surface area contributed by atoms with Gasteiger partial charge in [-0.05, 0) is 74.8 Å². The molecule has 5 aromatic rings. The van der Waals surface area contributed by atoms with E-state index in [0.717, 1.165) is 41.2 Å². The summed E-state index contributed by atoms with van der Waals surface area (Å²) in [4.78, 5) is 21.7. The second kappa shape index (κ2) is 13.3. The van der Waals surface area contributed by atoms with Crippen molar-refractivity contribution in [2.24, 2.45) is 0 Å². The third-order valence-electron chi connectivity index (χ3n) is 9.96. The molecule has 2 aliphatic rings. The van der Waals surface area contributed by atoms with Crippen LogP contribution in [0, 0.1) is 24.1 Å². The largest absolute Gasteiger partial charge is 0.475 e. The molecule has 0 bridgehead atoms. The smallest absolute Gasteiger partial charge is 0.246 e. The summed E-state index contributed by atoms with van der Waals surface area (Å²) < 4.78 is 30.6. The van der Waals surface area contributed by atoms with Gasteiger partial charge in [-0.15, -0.1) is 0 Å². The van der Waals surface area contributed by atoms with Gasteiger partial charge in [0, 0.05) is 48.7 Å². The van der Waals surface area contributed by atoms with E-state index in [2.05, 4.69) is 18.0 Å². The Morgan fingerprint density at radius 1 is 1.12 bits per heavy atom. The van der Waals surface area contributed by atoms with Crippen LogP contribution in [-0.4, -0.2) is 83.5 Å². The Labute approximate surface area is 279 Å². The van der Waals surface area contributed by atoms with Gasteiger partial charge in [-0.25, -0.2) is 9.37 Å². The quantitative estimate of drug-likeness (QED) is 0.176. The molecular weight excluding hydrogens is 607 g/mol. The van der Waals surface area contributed by atoms with Crippen LogP contribution in [0.1, 0.15) is 42.9 Å². The number of likely N-dealkylation sites (tertiary alicyclic amines) is 2. The molecule has 0 radical (unpaired) electrons. The number of nitrogens with zero attached hydrogens (tertiary/aromatic N) is 6. The number of carbonyl (C=O) groups is 1. The van der Waals surface area contributed by atoms with E-state index in [4.69, 9.17) is 19.6 Å². The minimum Gasteiger partial charge on any atom is -0.475 e. The number of hydrogen-bond acceptors (Lipinski definition) is 7. The molecule has 0 saturated carbocycles. The highest BCUT2D eigenvalue weighted by molar-refractivity contribution is 6.09. The first kappa shape index (κ1) is 31.7. The third-order valence-corrected chi connectivity index (χ3v) is 9.96. The maximum Gasteiger partial charge on any atom is 0.246 e. The van der Waals surface area contributed by atoms with Crippen LogP contribution in [0.4, 0.5) is 4.39 Å². The Morgan fingerprint density at radius 2 is 1.92 bits per heavy atom. The van der Waals surface area contributed by atoms with Gasteiger partial charge in [0.05, 0.1) is 41.4 Å². The van der Waals surface area contributed by atoms with E-state index in [1.54, 1.807) is 31.5 Å². The molecule has 246 valence electrons. The average Bonchev–Trinajstić information content (AvgIpc) is 3.74.